The SMILES string of the molecule is CNC/N=C(\N)c1cccc(C(F)(F)F)n1. The van der Waals surface area contributed by atoms with Gasteiger partial charge in [-0.3, -0.25) is 4.99 Å². The van der Waals surface area contributed by atoms with Crippen molar-refractivity contribution in [2.24, 2.45) is 10.7 Å². The van der Waals surface area contributed by atoms with Crippen LogP contribution in [0, 0.1) is 0 Å². The first-order valence-corrected chi connectivity index (χ1v) is 4.44. The van der Waals surface area contributed by atoms with Crippen molar-refractivity contribution < 1.29 is 13.2 Å². The quantitative estimate of drug-likeness (QED) is 0.603. The smallest absolute Gasteiger partial charge is 0.382 e. The van der Waals surface area contributed by atoms with Crippen molar-refractivity contribution in [3.05, 3.63) is 29.6 Å². The number of aromatic nitrogens is 1. The molecule has 1 aromatic rings. The maximum atomic E-state index is 12.3. The molecule has 1 rings (SSSR count). The van der Waals surface area contributed by atoms with Crippen LogP contribution in [0.25, 0.3) is 0 Å². The predicted octanol–water partition coefficient (Wildman–Crippen LogP) is 0.983. The van der Waals surface area contributed by atoms with Gasteiger partial charge in [-0.2, -0.15) is 13.2 Å². The summed E-state index contributed by atoms with van der Waals surface area (Å²) in [4.78, 5) is 7.18. The largest absolute Gasteiger partial charge is 0.433 e. The molecule has 0 bridgehead atoms. The van der Waals surface area contributed by atoms with Crippen LogP contribution in [-0.2, 0) is 6.18 Å². The van der Waals surface area contributed by atoms with E-state index in [4.69, 9.17) is 5.73 Å². The number of rotatable bonds is 3. The summed E-state index contributed by atoms with van der Waals surface area (Å²) in [5.74, 6) is -0.0274. The Kier molecular flexibility index (Phi) is 3.83. The molecule has 0 radical (unpaired) electrons. The van der Waals surface area contributed by atoms with Gasteiger partial charge in [-0.05, 0) is 19.2 Å². The van der Waals surface area contributed by atoms with Crippen molar-refractivity contribution in [1.82, 2.24) is 10.3 Å². The predicted molar refractivity (Wildman–Crippen MR) is 53.9 cm³/mol. The third kappa shape index (κ3) is 3.20. The van der Waals surface area contributed by atoms with Crippen molar-refractivity contribution in [3.8, 4) is 0 Å². The highest BCUT2D eigenvalue weighted by atomic mass is 19.4. The molecule has 88 valence electrons. The van der Waals surface area contributed by atoms with Crippen LogP contribution in [-0.4, -0.2) is 24.5 Å². The monoisotopic (exact) mass is 232 g/mol. The minimum absolute atomic E-state index is 0.0186. The number of amidine groups is 1. The highest BCUT2D eigenvalue weighted by Gasteiger charge is 2.32. The Bertz CT molecular complexity index is 387. The summed E-state index contributed by atoms with van der Waals surface area (Å²) >= 11 is 0. The lowest BCUT2D eigenvalue weighted by Crippen LogP contribution is -2.20. The van der Waals surface area contributed by atoms with Crippen molar-refractivity contribution in [2.45, 2.75) is 6.18 Å². The van der Waals surface area contributed by atoms with Crippen molar-refractivity contribution in [3.63, 3.8) is 0 Å². The average molecular weight is 232 g/mol. The van der Waals surface area contributed by atoms with Crippen molar-refractivity contribution in [2.75, 3.05) is 13.7 Å². The standard InChI is InChI=1S/C9H11F3N4/c1-14-5-15-8(13)6-3-2-4-7(16-6)9(10,11)12/h2-4,14H,5H2,1H3,(H2,13,15). The fourth-order valence-electron chi connectivity index (χ4n) is 0.980. The molecule has 0 aliphatic heterocycles. The molecule has 1 heterocycles. The molecular formula is C9H11F3N4. The van der Waals surface area contributed by atoms with Gasteiger partial charge in [0.15, 0.2) is 0 Å². The van der Waals surface area contributed by atoms with Gasteiger partial charge in [0.25, 0.3) is 0 Å². The third-order valence-corrected chi connectivity index (χ3v) is 1.71. The first-order chi connectivity index (χ1) is 7.45. The number of aliphatic imine (C=N–C) groups is 1. The van der Waals surface area contributed by atoms with Gasteiger partial charge in [0.2, 0.25) is 0 Å². The van der Waals surface area contributed by atoms with E-state index in [0.29, 0.717) is 0 Å². The Labute approximate surface area is 90.4 Å². The van der Waals surface area contributed by atoms with Crippen LogP contribution in [0.15, 0.2) is 23.2 Å². The highest BCUT2D eigenvalue weighted by molar-refractivity contribution is 5.95. The van der Waals surface area contributed by atoms with E-state index in [0.717, 1.165) is 6.07 Å². The van der Waals surface area contributed by atoms with Gasteiger partial charge in [-0.1, -0.05) is 6.07 Å². The van der Waals surface area contributed by atoms with E-state index in [9.17, 15) is 13.2 Å². The first-order valence-electron chi connectivity index (χ1n) is 4.44. The normalized spacial score (nSPS) is 12.9. The Balaban J connectivity index is 2.99. The van der Waals surface area contributed by atoms with E-state index in [2.05, 4.69) is 15.3 Å². The molecule has 0 unspecified atom stereocenters. The topological polar surface area (TPSA) is 63.3 Å². The lowest BCUT2D eigenvalue weighted by Gasteiger charge is -2.07. The molecule has 0 aliphatic rings. The van der Waals surface area contributed by atoms with Crippen LogP contribution in [0.2, 0.25) is 0 Å². The molecule has 16 heavy (non-hydrogen) atoms. The van der Waals surface area contributed by atoms with Crippen molar-refractivity contribution in [1.29, 1.82) is 0 Å². The van der Waals surface area contributed by atoms with Crippen LogP contribution in [0.4, 0.5) is 13.2 Å². The van der Waals surface area contributed by atoms with Crippen LogP contribution < -0.4 is 11.1 Å². The fourth-order valence-corrected chi connectivity index (χ4v) is 0.980. The number of pyridine rings is 1. The molecule has 1 aromatic heterocycles. The zero-order valence-electron chi connectivity index (χ0n) is 8.54. The van der Waals surface area contributed by atoms with Gasteiger partial charge in [0.1, 0.15) is 17.2 Å². The van der Waals surface area contributed by atoms with Crippen LogP contribution in [0.5, 0.6) is 0 Å². The van der Waals surface area contributed by atoms with E-state index in [1.54, 1.807) is 7.05 Å². The Hall–Kier alpha value is -1.63. The minimum atomic E-state index is -4.47. The average Bonchev–Trinajstić information content (AvgIpc) is 2.25. The van der Waals surface area contributed by atoms with Crippen molar-refractivity contribution >= 4 is 5.84 Å². The summed E-state index contributed by atoms with van der Waals surface area (Å²) in [7, 11) is 1.65. The molecule has 4 nitrogen and oxygen atoms in total. The molecular weight excluding hydrogens is 221 g/mol. The molecule has 0 saturated carbocycles. The maximum Gasteiger partial charge on any atom is 0.433 e. The third-order valence-electron chi connectivity index (χ3n) is 1.71. The molecule has 0 atom stereocenters. The second-order valence-corrected chi connectivity index (χ2v) is 2.96. The van der Waals surface area contributed by atoms with Gasteiger partial charge in [-0.15, -0.1) is 0 Å². The lowest BCUT2D eigenvalue weighted by molar-refractivity contribution is -0.141. The lowest BCUT2D eigenvalue weighted by atomic mass is 10.3. The number of alkyl halides is 3. The molecule has 3 N–H and O–H groups in total. The van der Waals surface area contributed by atoms with Crippen LogP contribution >= 0.6 is 0 Å². The Morgan fingerprint density at radius 1 is 1.50 bits per heavy atom. The molecule has 0 aromatic carbocycles. The summed E-state index contributed by atoms with van der Waals surface area (Å²) in [6, 6.07) is 3.51. The molecule has 0 fully saturated rings. The van der Waals surface area contributed by atoms with Crippen LogP contribution in [0.1, 0.15) is 11.4 Å². The summed E-state index contributed by atoms with van der Waals surface area (Å²) in [6.07, 6.45) is -4.47. The number of hydrogen-bond acceptors (Lipinski definition) is 3. The molecule has 0 amide bonds. The molecule has 7 heteroatoms. The van der Waals surface area contributed by atoms with Gasteiger partial charge in [-0.25, -0.2) is 4.98 Å². The number of nitrogens with one attached hydrogen (secondary N) is 1. The number of halogens is 3. The Morgan fingerprint density at radius 2 is 2.19 bits per heavy atom. The zero-order valence-corrected chi connectivity index (χ0v) is 8.54. The van der Waals surface area contributed by atoms with E-state index < -0.39 is 11.9 Å². The van der Waals surface area contributed by atoms with Gasteiger partial charge < -0.3 is 11.1 Å². The molecule has 0 spiro atoms. The summed E-state index contributed by atoms with van der Waals surface area (Å²) in [5.41, 5.74) is 4.51. The second kappa shape index (κ2) is 4.93. The fraction of sp³-hybridized carbons (Fsp3) is 0.333. The van der Waals surface area contributed by atoms with Gasteiger partial charge in [0, 0.05) is 0 Å². The highest BCUT2D eigenvalue weighted by Crippen LogP contribution is 2.27. The van der Waals surface area contributed by atoms with E-state index in [-0.39, 0.29) is 18.2 Å². The summed E-state index contributed by atoms with van der Waals surface area (Å²) < 4.78 is 37.0. The zero-order chi connectivity index (χ0) is 12.2. The maximum absolute atomic E-state index is 12.3. The number of nitrogens with zero attached hydrogens (tertiary/aromatic N) is 2. The number of nitrogens with two attached hydrogens (primary N) is 1. The molecule has 0 saturated heterocycles. The summed E-state index contributed by atoms with van der Waals surface area (Å²) in [6.45, 7) is 0.226. The minimum Gasteiger partial charge on any atom is -0.382 e. The van der Waals surface area contributed by atoms with E-state index in [1.165, 1.54) is 12.1 Å². The Morgan fingerprint density at radius 3 is 2.75 bits per heavy atom. The van der Waals surface area contributed by atoms with E-state index in [1.807, 2.05) is 0 Å². The van der Waals surface area contributed by atoms with E-state index >= 15 is 0 Å². The molecule has 0 aliphatic carbocycles. The number of hydrogen-bond donors (Lipinski definition) is 2. The second-order valence-electron chi connectivity index (χ2n) is 2.96. The first kappa shape index (κ1) is 12.4. The van der Waals surface area contributed by atoms with Crippen LogP contribution in [0.3, 0.4) is 0 Å². The summed E-state index contributed by atoms with van der Waals surface area (Å²) in [5, 5.41) is 2.70. The van der Waals surface area contributed by atoms with Gasteiger partial charge in [0.05, 0.1) is 6.67 Å². The van der Waals surface area contributed by atoms with Gasteiger partial charge >= 0.3 is 6.18 Å².